The van der Waals surface area contributed by atoms with E-state index in [1.54, 1.807) is 0 Å². The summed E-state index contributed by atoms with van der Waals surface area (Å²) in [6, 6.07) is 0.442. The molecule has 0 aromatic heterocycles. The molecule has 0 aliphatic heterocycles. The number of rotatable bonds is 8. The first-order valence-electron chi connectivity index (χ1n) is 4.82. The lowest BCUT2D eigenvalue weighted by atomic mass is 10.3. The first-order chi connectivity index (χ1) is 5.81. The molecule has 0 saturated carbocycles. The first-order valence-corrected chi connectivity index (χ1v) is 4.82. The van der Waals surface area contributed by atoms with E-state index in [1.807, 2.05) is 6.92 Å². The Morgan fingerprint density at radius 2 is 2.17 bits per heavy atom. The molecule has 0 aliphatic carbocycles. The van der Waals surface area contributed by atoms with Crippen molar-refractivity contribution in [2.75, 3.05) is 26.3 Å². The van der Waals surface area contributed by atoms with Gasteiger partial charge in [-0.1, -0.05) is 0 Å². The summed E-state index contributed by atoms with van der Waals surface area (Å²) in [4.78, 5) is 0. The molecule has 12 heavy (non-hydrogen) atoms. The van der Waals surface area contributed by atoms with Crippen molar-refractivity contribution in [1.29, 1.82) is 0 Å². The van der Waals surface area contributed by atoms with Crippen molar-refractivity contribution in [1.82, 2.24) is 5.32 Å². The highest BCUT2D eigenvalue weighted by atomic mass is 16.5. The second-order valence-corrected chi connectivity index (χ2v) is 2.99. The molecule has 0 saturated heterocycles. The second kappa shape index (κ2) is 8.97. The maximum absolute atomic E-state index is 5.45. The van der Waals surface area contributed by atoms with Crippen LogP contribution in [0.15, 0.2) is 0 Å². The van der Waals surface area contributed by atoms with Crippen molar-refractivity contribution < 1.29 is 4.74 Å². The van der Waals surface area contributed by atoms with Crippen LogP contribution < -0.4 is 11.1 Å². The van der Waals surface area contributed by atoms with Gasteiger partial charge in [0.1, 0.15) is 0 Å². The van der Waals surface area contributed by atoms with Gasteiger partial charge >= 0.3 is 0 Å². The van der Waals surface area contributed by atoms with Gasteiger partial charge in [0, 0.05) is 25.8 Å². The summed E-state index contributed by atoms with van der Waals surface area (Å²) < 4.78 is 5.21. The number of hydrogen-bond acceptors (Lipinski definition) is 3. The van der Waals surface area contributed by atoms with Crippen LogP contribution in [0.4, 0.5) is 0 Å². The average Bonchev–Trinajstić information content (AvgIpc) is 2.10. The third-order valence-electron chi connectivity index (χ3n) is 1.77. The van der Waals surface area contributed by atoms with Crippen molar-refractivity contribution in [3.8, 4) is 0 Å². The number of unbranched alkanes of at least 4 members (excludes halogenated alkanes) is 1. The Hall–Kier alpha value is -0.120. The van der Waals surface area contributed by atoms with E-state index >= 15 is 0 Å². The van der Waals surface area contributed by atoms with E-state index in [2.05, 4.69) is 12.2 Å². The SMILES string of the molecule is CCOCCCCN[C@H](C)CN. The van der Waals surface area contributed by atoms with E-state index in [1.165, 1.54) is 6.42 Å². The van der Waals surface area contributed by atoms with E-state index in [9.17, 15) is 0 Å². The highest BCUT2D eigenvalue weighted by Crippen LogP contribution is 1.89. The van der Waals surface area contributed by atoms with Gasteiger partial charge in [0.25, 0.3) is 0 Å². The topological polar surface area (TPSA) is 47.3 Å². The van der Waals surface area contributed by atoms with Gasteiger partial charge in [-0.2, -0.15) is 0 Å². The monoisotopic (exact) mass is 174 g/mol. The van der Waals surface area contributed by atoms with Gasteiger partial charge in [0.15, 0.2) is 0 Å². The minimum Gasteiger partial charge on any atom is -0.382 e. The molecule has 0 fully saturated rings. The standard InChI is InChI=1S/C9H22N2O/c1-3-12-7-5-4-6-11-9(2)8-10/h9,11H,3-8,10H2,1-2H3/t9-/m1/s1. The van der Waals surface area contributed by atoms with Gasteiger partial charge in [-0.05, 0) is 33.2 Å². The quantitative estimate of drug-likeness (QED) is 0.534. The van der Waals surface area contributed by atoms with Gasteiger partial charge < -0.3 is 15.8 Å². The Bertz CT molecular complexity index is 88.6. The molecule has 74 valence electrons. The normalized spacial score (nSPS) is 13.2. The molecule has 0 bridgehead atoms. The van der Waals surface area contributed by atoms with Crippen LogP contribution in [-0.4, -0.2) is 32.3 Å². The highest BCUT2D eigenvalue weighted by Gasteiger charge is 1.95. The largest absolute Gasteiger partial charge is 0.382 e. The van der Waals surface area contributed by atoms with Crippen LogP contribution in [0.25, 0.3) is 0 Å². The maximum Gasteiger partial charge on any atom is 0.0466 e. The zero-order valence-electron chi connectivity index (χ0n) is 8.31. The van der Waals surface area contributed by atoms with Gasteiger partial charge in [-0.25, -0.2) is 0 Å². The predicted molar refractivity (Wildman–Crippen MR) is 52.2 cm³/mol. The molecule has 0 amide bonds. The lowest BCUT2D eigenvalue weighted by molar-refractivity contribution is 0.143. The summed E-state index contributed by atoms with van der Waals surface area (Å²) in [5.74, 6) is 0. The predicted octanol–water partition coefficient (Wildman–Crippen LogP) is 0.740. The number of ether oxygens (including phenoxy) is 1. The molecule has 0 heterocycles. The van der Waals surface area contributed by atoms with E-state index in [0.717, 1.165) is 26.2 Å². The fraction of sp³-hybridized carbons (Fsp3) is 1.00. The summed E-state index contributed by atoms with van der Waals surface area (Å²) >= 11 is 0. The van der Waals surface area contributed by atoms with Gasteiger partial charge in [-0.15, -0.1) is 0 Å². The van der Waals surface area contributed by atoms with E-state index < -0.39 is 0 Å². The fourth-order valence-corrected chi connectivity index (χ4v) is 0.905. The van der Waals surface area contributed by atoms with Crippen LogP contribution >= 0.6 is 0 Å². The van der Waals surface area contributed by atoms with Crippen LogP contribution in [0.1, 0.15) is 26.7 Å². The molecule has 0 radical (unpaired) electrons. The summed E-state index contributed by atoms with van der Waals surface area (Å²) in [5, 5.41) is 3.33. The lowest BCUT2D eigenvalue weighted by Crippen LogP contribution is -2.33. The van der Waals surface area contributed by atoms with Crippen LogP contribution in [0.2, 0.25) is 0 Å². The van der Waals surface area contributed by atoms with Gasteiger partial charge in [0.05, 0.1) is 0 Å². The molecule has 0 aromatic rings. The van der Waals surface area contributed by atoms with E-state index in [4.69, 9.17) is 10.5 Å². The van der Waals surface area contributed by atoms with Crippen LogP contribution in [0.5, 0.6) is 0 Å². The highest BCUT2D eigenvalue weighted by molar-refractivity contribution is 4.59. The van der Waals surface area contributed by atoms with Gasteiger partial charge in [0.2, 0.25) is 0 Å². The smallest absolute Gasteiger partial charge is 0.0466 e. The van der Waals surface area contributed by atoms with Crippen molar-refractivity contribution >= 4 is 0 Å². The van der Waals surface area contributed by atoms with Crippen molar-refractivity contribution in [3.63, 3.8) is 0 Å². The third-order valence-corrected chi connectivity index (χ3v) is 1.77. The molecule has 3 nitrogen and oxygen atoms in total. The van der Waals surface area contributed by atoms with Crippen molar-refractivity contribution in [3.05, 3.63) is 0 Å². The molecular weight excluding hydrogens is 152 g/mol. The minimum atomic E-state index is 0.442. The van der Waals surface area contributed by atoms with Crippen LogP contribution in [-0.2, 0) is 4.74 Å². The summed E-state index contributed by atoms with van der Waals surface area (Å²) in [6.07, 6.45) is 2.31. The first kappa shape index (κ1) is 11.9. The van der Waals surface area contributed by atoms with Crippen LogP contribution in [0, 0.1) is 0 Å². The Kier molecular flexibility index (Phi) is 8.88. The molecule has 3 heteroatoms. The fourth-order valence-electron chi connectivity index (χ4n) is 0.905. The molecule has 0 aromatic carbocycles. The van der Waals surface area contributed by atoms with Crippen molar-refractivity contribution in [2.45, 2.75) is 32.7 Å². The minimum absolute atomic E-state index is 0.442. The van der Waals surface area contributed by atoms with Gasteiger partial charge in [-0.3, -0.25) is 0 Å². The Labute approximate surface area is 75.7 Å². The molecule has 0 spiro atoms. The Morgan fingerprint density at radius 1 is 1.42 bits per heavy atom. The number of hydrogen-bond donors (Lipinski definition) is 2. The summed E-state index contributed by atoms with van der Waals surface area (Å²) in [6.45, 7) is 7.59. The molecule has 0 unspecified atom stereocenters. The second-order valence-electron chi connectivity index (χ2n) is 2.99. The van der Waals surface area contributed by atoms with Crippen molar-refractivity contribution in [2.24, 2.45) is 5.73 Å². The lowest BCUT2D eigenvalue weighted by Gasteiger charge is -2.10. The zero-order valence-corrected chi connectivity index (χ0v) is 8.31. The molecule has 0 aliphatic rings. The maximum atomic E-state index is 5.45. The van der Waals surface area contributed by atoms with Crippen LogP contribution in [0.3, 0.4) is 0 Å². The van der Waals surface area contributed by atoms with E-state index in [-0.39, 0.29) is 0 Å². The molecular formula is C9H22N2O. The Balaban J connectivity index is 2.90. The molecule has 3 N–H and O–H groups in total. The summed E-state index contributed by atoms with van der Waals surface area (Å²) in [5.41, 5.74) is 5.45. The number of nitrogens with one attached hydrogen (secondary N) is 1. The third kappa shape index (κ3) is 7.98. The number of nitrogens with two attached hydrogens (primary N) is 1. The summed E-state index contributed by atoms with van der Waals surface area (Å²) in [7, 11) is 0. The molecule has 0 rings (SSSR count). The zero-order chi connectivity index (χ0) is 9.23. The average molecular weight is 174 g/mol. The Morgan fingerprint density at radius 3 is 2.75 bits per heavy atom. The molecule has 1 atom stereocenters. The van der Waals surface area contributed by atoms with E-state index in [0.29, 0.717) is 12.6 Å².